The number of carbonyl (C=O) groups is 2. The minimum absolute atomic E-state index is 0.121. The van der Waals surface area contributed by atoms with Crippen molar-refractivity contribution in [1.82, 2.24) is 0 Å². The molecule has 2 amide bonds. The van der Waals surface area contributed by atoms with Crippen molar-refractivity contribution in [2.45, 2.75) is 6.42 Å². The number of benzene rings is 2. The van der Waals surface area contributed by atoms with Gasteiger partial charge in [0.25, 0.3) is 0 Å². The number of nitrogens with one attached hydrogen (secondary N) is 1. The maximum Gasteiger partial charge on any atom is 0.229 e. The number of rotatable bonds is 3. The second kappa shape index (κ2) is 7.01. The van der Waals surface area contributed by atoms with Crippen LogP contribution < -0.4 is 10.2 Å². The van der Waals surface area contributed by atoms with Crippen LogP contribution in [0.1, 0.15) is 6.42 Å². The summed E-state index contributed by atoms with van der Waals surface area (Å²) in [5.41, 5.74) is 1.28. The van der Waals surface area contributed by atoms with Gasteiger partial charge in [0.05, 0.1) is 16.0 Å². The third-order valence-electron chi connectivity index (χ3n) is 3.82. The number of hydrogen-bond acceptors (Lipinski definition) is 2. The summed E-state index contributed by atoms with van der Waals surface area (Å²) in [7, 11) is 0. The highest BCUT2D eigenvalue weighted by Crippen LogP contribution is 2.31. The van der Waals surface area contributed by atoms with Gasteiger partial charge in [-0.2, -0.15) is 0 Å². The molecule has 24 heavy (non-hydrogen) atoms. The van der Waals surface area contributed by atoms with Crippen molar-refractivity contribution >= 4 is 58.0 Å². The van der Waals surface area contributed by atoms with Crippen LogP contribution in [0.15, 0.2) is 42.5 Å². The van der Waals surface area contributed by atoms with Gasteiger partial charge in [0, 0.05) is 29.4 Å². The Morgan fingerprint density at radius 3 is 2.42 bits per heavy atom. The Balaban J connectivity index is 1.70. The van der Waals surface area contributed by atoms with Crippen molar-refractivity contribution in [3.05, 3.63) is 57.5 Å². The summed E-state index contributed by atoms with van der Waals surface area (Å²) in [6.45, 7) is 0.302. The first-order valence-corrected chi connectivity index (χ1v) is 8.39. The van der Waals surface area contributed by atoms with E-state index in [9.17, 15) is 9.59 Å². The Labute approximate surface area is 154 Å². The van der Waals surface area contributed by atoms with Crippen LogP contribution in [-0.4, -0.2) is 18.4 Å². The molecule has 3 rings (SSSR count). The van der Waals surface area contributed by atoms with Gasteiger partial charge >= 0.3 is 0 Å². The van der Waals surface area contributed by atoms with Crippen molar-refractivity contribution in [2.24, 2.45) is 5.92 Å². The minimum Gasteiger partial charge on any atom is -0.326 e. The SMILES string of the molecule is O=C(Nc1ccc(Cl)cc1)[C@@H]1CC(=O)N(c2ccc(Cl)c(Cl)c2)C1. The fourth-order valence-corrected chi connectivity index (χ4v) is 2.98. The first kappa shape index (κ1) is 17.1. The molecule has 124 valence electrons. The number of halogens is 3. The van der Waals surface area contributed by atoms with Gasteiger partial charge in [0.15, 0.2) is 0 Å². The predicted octanol–water partition coefficient (Wildman–Crippen LogP) is 4.64. The summed E-state index contributed by atoms with van der Waals surface area (Å²) in [6.07, 6.45) is 0.152. The van der Waals surface area contributed by atoms with Crippen LogP contribution in [0.3, 0.4) is 0 Å². The summed E-state index contributed by atoms with van der Waals surface area (Å²) in [6, 6.07) is 11.8. The van der Waals surface area contributed by atoms with Crippen LogP contribution in [0.2, 0.25) is 15.1 Å². The molecule has 0 spiro atoms. The first-order chi connectivity index (χ1) is 11.4. The fourth-order valence-electron chi connectivity index (χ4n) is 2.56. The minimum atomic E-state index is -0.428. The van der Waals surface area contributed by atoms with Gasteiger partial charge in [-0.15, -0.1) is 0 Å². The average molecular weight is 384 g/mol. The molecule has 0 aliphatic carbocycles. The molecule has 1 heterocycles. The van der Waals surface area contributed by atoms with Crippen molar-refractivity contribution in [3.63, 3.8) is 0 Å². The van der Waals surface area contributed by atoms with E-state index in [1.54, 1.807) is 47.4 Å². The molecule has 0 saturated carbocycles. The van der Waals surface area contributed by atoms with Gasteiger partial charge in [0.2, 0.25) is 11.8 Å². The highest BCUT2D eigenvalue weighted by molar-refractivity contribution is 6.42. The van der Waals surface area contributed by atoms with Crippen molar-refractivity contribution in [1.29, 1.82) is 0 Å². The van der Waals surface area contributed by atoms with E-state index < -0.39 is 5.92 Å². The van der Waals surface area contributed by atoms with E-state index in [1.165, 1.54) is 0 Å². The summed E-state index contributed by atoms with van der Waals surface area (Å²) in [4.78, 5) is 26.2. The van der Waals surface area contributed by atoms with Crippen LogP contribution in [0.4, 0.5) is 11.4 Å². The van der Waals surface area contributed by atoms with E-state index in [-0.39, 0.29) is 18.2 Å². The molecule has 7 heteroatoms. The zero-order chi connectivity index (χ0) is 17.3. The standard InChI is InChI=1S/C17H13Cl3N2O2/c18-11-1-3-12(4-2-11)21-17(24)10-7-16(23)22(9-10)13-5-6-14(19)15(20)8-13/h1-6,8,10H,7,9H2,(H,21,24)/t10-/m1/s1. The van der Waals surface area contributed by atoms with Gasteiger partial charge in [-0.1, -0.05) is 34.8 Å². The molecule has 2 aromatic carbocycles. The number of hydrogen-bond donors (Lipinski definition) is 1. The third kappa shape index (κ3) is 3.66. The van der Waals surface area contributed by atoms with Crippen LogP contribution >= 0.6 is 34.8 Å². The lowest BCUT2D eigenvalue weighted by Crippen LogP contribution is -2.28. The molecular formula is C17H13Cl3N2O2. The highest BCUT2D eigenvalue weighted by atomic mass is 35.5. The largest absolute Gasteiger partial charge is 0.326 e. The average Bonchev–Trinajstić information content (AvgIpc) is 2.94. The Morgan fingerprint density at radius 2 is 1.75 bits per heavy atom. The molecule has 0 radical (unpaired) electrons. The molecule has 1 aliphatic rings. The number of amides is 2. The molecule has 4 nitrogen and oxygen atoms in total. The molecule has 1 aliphatic heterocycles. The topological polar surface area (TPSA) is 49.4 Å². The molecule has 0 aromatic heterocycles. The Hall–Kier alpha value is -1.75. The van der Waals surface area contributed by atoms with Crippen LogP contribution in [0.25, 0.3) is 0 Å². The summed E-state index contributed by atoms with van der Waals surface area (Å²) in [5.74, 6) is -0.750. The van der Waals surface area contributed by atoms with Gasteiger partial charge in [-0.25, -0.2) is 0 Å². The van der Waals surface area contributed by atoms with E-state index in [0.717, 1.165) is 0 Å². The number of carbonyl (C=O) groups excluding carboxylic acids is 2. The molecule has 1 atom stereocenters. The molecule has 0 bridgehead atoms. The van der Waals surface area contributed by atoms with E-state index >= 15 is 0 Å². The fraction of sp³-hybridized carbons (Fsp3) is 0.176. The van der Waals surface area contributed by atoms with Crippen LogP contribution in [0, 0.1) is 5.92 Å². The number of nitrogens with zero attached hydrogens (tertiary/aromatic N) is 1. The molecule has 1 fully saturated rings. The zero-order valence-electron chi connectivity index (χ0n) is 12.4. The van der Waals surface area contributed by atoms with E-state index in [0.29, 0.717) is 33.0 Å². The Morgan fingerprint density at radius 1 is 1.04 bits per heavy atom. The van der Waals surface area contributed by atoms with E-state index in [4.69, 9.17) is 34.8 Å². The first-order valence-electron chi connectivity index (χ1n) is 7.26. The van der Waals surface area contributed by atoms with Gasteiger partial charge in [-0.3, -0.25) is 9.59 Å². The van der Waals surface area contributed by atoms with Crippen molar-refractivity contribution < 1.29 is 9.59 Å². The number of anilines is 2. The maximum absolute atomic E-state index is 12.4. The molecule has 0 unspecified atom stereocenters. The van der Waals surface area contributed by atoms with Crippen LogP contribution in [-0.2, 0) is 9.59 Å². The van der Waals surface area contributed by atoms with E-state index in [2.05, 4.69) is 5.32 Å². The van der Waals surface area contributed by atoms with E-state index in [1.807, 2.05) is 0 Å². The Bertz CT molecular complexity index is 793. The van der Waals surface area contributed by atoms with Crippen LogP contribution in [0.5, 0.6) is 0 Å². The maximum atomic E-state index is 12.4. The summed E-state index contributed by atoms with van der Waals surface area (Å²) >= 11 is 17.7. The third-order valence-corrected chi connectivity index (χ3v) is 4.81. The smallest absolute Gasteiger partial charge is 0.229 e. The Kier molecular flexibility index (Phi) is 4.99. The lowest BCUT2D eigenvalue weighted by Gasteiger charge is -2.17. The lowest BCUT2D eigenvalue weighted by molar-refractivity contribution is -0.122. The second-order valence-corrected chi connectivity index (χ2v) is 6.75. The summed E-state index contributed by atoms with van der Waals surface area (Å²) in [5, 5.41) is 4.18. The van der Waals surface area contributed by atoms with Crippen molar-refractivity contribution in [3.8, 4) is 0 Å². The lowest BCUT2D eigenvalue weighted by atomic mass is 10.1. The predicted molar refractivity (Wildman–Crippen MR) is 97.0 cm³/mol. The van der Waals surface area contributed by atoms with Gasteiger partial charge < -0.3 is 10.2 Å². The summed E-state index contributed by atoms with van der Waals surface area (Å²) < 4.78 is 0. The molecule has 2 aromatic rings. The van der Waals surface area contributed by atoms with Crippen molar-refractivity contribution in [2.75, 3.05) is 16.8 Å². The molecular weight excluding hydrogens is 371 g/mol. The monoisotopic (exact) mass is 382 g/mol. The molecule has 1 N–H and O–H groups in total. The molecule has 1 saturated heterocycles. The van der Waals surface area contributed by atoms with Gasteiger partial charge in [-0.05, 0) is 42.5 Å². The van der Waals surface area contributed by atoms with Gasteiger partial charge in [0.1, 0.15) is 0 Å². The second-order valence-electron chi connectivity index (χ2n) is 5.50. The normalized spacial score (nSPS) is 17.2. The quantitative estimate of drug-likeness (QED) is 0.839. The highest BCUT2D eigenvalue weighted by Gasteiger charge is 2.35. The zero-order valence-corrected chi connectivity index (χ0v) is 14.7.